The molecule has 1 heterocycles. The number of benzene rings is 2. The molecule has 0 spiro atoms. The van der Waals surface area contributed by atoms with E-state index in [-0.39, 0.29) is 16.1 Å². The molecular formula is C22H26FN3O6S. The minimum atomic E-state index is -3.81. The van der Waals surface area contributed by atoms with E-state index in [0.717, 1.165) is 4.31 Å². The molecule has 2 aromatic rings. The fraction of sp³-hybridized carbons (Fsp3) is 0.364. The van der Waals surface area contributed by atoms with Crippen LogP contribution in [-0.2, 0) is 24.3 Å². The Balaban J connectivity index is 1.87. The number of para-hydroxylation sites is 1. The van der Waals surface area contributed by atoms with Crippen molar-refractivity contribution in [2.45, 2.75) is 17.9 Å². The second-order valence-corrected chi connectivity index (χ2v) is 9.73. The summed E-state index contributed by atoms with van der Waals surface area (Å²) >= 11 is 0. The highest BCUT2D eigenvalue weighted by molar-refractivity contribution is 7.89. The minimum absolute atomic E-state index is 0.00497. The Kier molecular flexibility index (Phi) is 7.67. The first-order chi connectivity index (χ1) is 15.6. The number of carbonyl (C=O) groups excluding carboxylic acids is 2. The molecule has 2 aromatic carbocycles. The summed E-state index contributed by atoms with van der Waals surface area (Å²) < 4.78 is 50.7. The number of esters is 1. The van der Waals surface area contributed by atoms with Crippen molar-refractivity contribution >= 4 is 33.3 Å². The normalized spacial score (nSPS) is 15.2. The Labute approximate surface area is 192 Å². The Morgan fingerprint density at radius 1 is 1.15 bits per heavy atom. The van der Waals surface area contributed by atoms with Crippen molar-refractivity contribution in [2.75, 3.05) is 50.6 Å². The van der Waals surface area contributed by atoms with Gasteiger partial charge in [0.1, 0.15) is 5.82 Å². The van der Waals surface area contributed by atoms with E-state index in [0.29, 0.717) is 32.0 Å². The topological polar surface area (TPSA) is 105 Å². The van der Waals surface area contributed by atoms with Crippen LogP contribution in [0.2, 0.25) is 0 Å². The zero-order valence-corrected chi connectivity index (χ0v) is 19.4. The van der Waals surface area contributed by atoms with E-state index in [1.54, 1.807) is 12.1 Å². The highest BCUT2D eigenvalue weighted by Gasteiger charge is 2.27. The van der Waals surface area contributed by atoms with Crippen molar-refractivity contribution in [2.24, 2.45) is 0 Å². The van der Waals surface area contributed by atoms with Crippen LogP contribution in [-0.4, -0.2) is 71.1 Å². The lowest BCUT2D eigenvalue weighted by Gasteiger charge is -2.30. The van der Waals surface area contributed by atoms with Crippen molar-refractivity contribution < 1.29 is 31.9 Å². The first-order valence-electron chi connectivity index (χ1n) is 10.3. The molecule has 0 unspecified atom stereocenters. The molecule has 9 nitrogen and oxygen atoms in total. The van der Waals surface area contributed by atoms with Crippen LogP contribution in [0.1, 0.15) is 17.3 Å². The SMILES string of the molecule is C[C@H](OC(=O)c1cc(S(=O)(=O)N(C)C)ccc1N1CCOCC1)C(=O)Nc1ccccc1F. The molecule has 1 amide bonds. The Hall–Kier alpha value is -3.02. The van der Waals surface area contributed by atoms with Crippen LogP contribution in [0.4, 0.5) is 15.8 Å². The van der Waals surface area contributed by atoms with Gasteiger partial charge in [-0.25, -0.2) is 21.9 Å². The molecule has 33 heavy (non-hydrogen) atoms. The summed E-state index contributed by atoms with van der Waals surface area (Å²) in [5.74, 6) is -2.22. The average Bonchev–Trinajstić information content (AvgIpc) is 2.80. The van der Waals surface area contributed by atoms with Crippen LogP contribution in [0, 0.1) is 5.82 Å². The summed E-state index contributed by atoms with van der Waals surface area (Å²) in [6.45, 7) is 3.26. The third kappa shape index (κ3) is 5.67. The maximum Gasteiger partial charge on any atom is 0.341 e. The largest absolute Gasteiger partial charge is 0.449 e. The molecule has 1 saturated heterocycles. The average molecular weight is 480 g/mol. The maximum atomic E-state index is 13.8. The number of sulfonamides is 1. The van der Waals surface area contributed by atoms with Gasteiger partial charge in [-0.1, -0.05) is 12.1 Å². The van der Waals surface area contributed by atoms with Gasteiger partial charge in [0.05, 0.1) is 35.0 Å². The van der Waals surface area contributed by atoms with E-state index in [1.807, 2.05) is 4.90 Å². The van der Waals surface area contributed by atoms with Gasteiger partial charge in [-0.15, -0.1) is 0 Å². The second kappa shape index (κ2) is 10.3. The number of amides is 1. The molecule has 0 saturated carbocycles. The Morgan fingerprint density at radius 3 is 2.45 bits per heavy atom. The van der Waals surface area contributed by atoms with E-state index in [2.05, 4.69) is 5.32 Å². The summed E-state index contributed by atoms with van der Waals surface area (Å²) in [5.41, 5.74) is 0.437. The molecule has 1 fully saturated rings. The number of rotatable bonds is 7. The first-order valence-corrected chi connectivity index (χ1v) is 11.7. The van der Waals surface area contributed by atoms with Gasteiger partial charge in [-0.2, -0.15) is 0 Å². The molecular weight excluding hydrogens is 453 g/mol. The fourth-order valence-corrected chi connectivity index (χ4v) is 4.13. The molecule has 0 aliphatic carbocycles. The molecule has 1 aliphatic heterocycles. The van der Waals surface area contributed by atoms with Crippen LogP contribution in [0.5, 0.6) is 0 Å². The van der Waals surface area contributed by atoms with E-state index >= 15 is 0 Å². The smallest absolute Gasteiger partial charge is 0.341 e. The predicted octanol–water partition coefficient (Wildman–Crippen LogP) is 2.10. The summed E-state index contributed by atoms with van der Waals surface area (Å²) in [6, 6.07) is 9.82. The van der Waals surface area contributed by atoms with Crippen molar-refractivity contribution in [1.29, 1.82) is 0 Å². The lowest BCUT2D eigenvalue weighted by atomic mass is 10.1. The zero-order chi connectivity index (χ0) is 24.2. The van der Waals surface area contributed by atoms with E-state index in [1.165, 1.54) is 51.4 Å². The third-order valence-electron chi connectivity index (χ3n) is 5.10. The first kappa shape index (κ1) is 24.6. The number of halogens is 1. The maximum absolute atomic E-state index is 13.8. The zero-order valence-electron chi connectivity index (χ0n) is 18.6. The molecule has 11 heteroatoms. The number of ether oxygens (including phenoxy) is 2. The van der Waals surface area contributed by atoms with Gasteiger partial charge in [0.15, 0.2) is 6.10 Å². The number of hydrogen-bond acceptors (Lipinski definition) is 7. The van der Waals surface area contributed by atoms with E-state index in [9.17, 15) is 22.4 Å². The summed E-state index contributed by atoms with van der Waals surface area (Å²) in [5, 5.41) is 2.37. The number of morpholine rings is 1. The lowest BCUT2D eigenvalue weighted by molar-refractivity contribution is -0.123. The number of anilines is 2. The van der Waals surface area contributed by atoms with E-state index in [4.69, 9.17) is 9.47 Å². The highest BCUT2D eigenvalue weighted by Crippen LogP contribution is 2.27. The summed E-state index contributed by atoms with van der Waals surface area (Å²) in [4.78, 5) is 27.3. The molecule has 3 rings (SSSR count). The minimum Gasteiger partial charge on any atom is -0.449 e. The van der Waals surface area contributed by atoms with Gasteiger partial charge in [0.2, 0.25) is 10.0 Å². The standard InChI is InChI=1S/C22H26FN3O6S/c1-15(21(27)24-19-7-5-4-6-18(19)23)32-22(28)17-14-16(33(29,30)25(2)3)8-9-20(17)26-10-12-31-13-11-26/h4-9,14-15H,10-13H2,1-3H3,(H,24,27)/t15-/m0/s1. The van der Waals surface area contributed by atoms with Crippen LogP contribution in [0.25, 0.3) is 0 Å². The quantitative estimate of drug-likeness (QED) is 0.607. The second-order valence-electron chi connectivity index (χ2n) is 7.58. The molecule has 1 atom stereocenters. The molecule has 178 valence electrons. The molecule has 0 bridgehead atoms. The van der Waals surface area contributed by atoms with Gasteiger partial charge in [-0.3, -0.25) is 4.79 Å². The Morgan fingerprint density at radius 2 is 1.82 bits per heavy atom. The van der Waals surface area contributed by atoms with Crippen LogP contribution < -0.4 is 10.2 Å². The van der Waals surface area contributed by atoms with Gasteiger partial charge < -0.3 is 19.7 Å². The molecule has 1 aliphatic rings. The van der Waals surface area contributed by atoms with E-state index < -0.39 is 33.8 Å². The van der Waals surface area contributed by atoms with Crippen molar-refractivity contribution in [3.63, 3.8) is 0 Å². The van der Waals surface area contributed by atoms with Crippen LogP contribution in [0.3, 0.4) is 0 Å². The number of nitrogens with one attached hydrogen (secondary N) is 1. The predicted molar refractivity (Wildman–Crippen MR) is 120 cm³/mol. The van der Waals surface area contributed by atoms with Gasteiger partial charge in [-0.05, 0) is 37.3 Å². The third-order valence-corrected chi connectivity index (χ3v) is 6.91. The fourth-order valence-electron chi connectivity index (χ4n) is 3.20. The van der Waals surface area contributed by atoms with Crippen molar-refractivity contribution in [1.82, 2.24) is 4.31 Å². The lowest BCUT2D eigenvalue weighted by Crippen LogP contribution is -2.37. The Bertz CT molecular complexity index is 1130. The summed E-state index contributed by atoms with van der Waals surface area (Å²) in [7, 11) is -1.03. The monoisotopic (exact) mass is 479 g/mol. The molecule has 0 radical (unpaired) electrons. The van der Waals surface area contributed by atoms with Gasteiger partial charge in [0, 0.05) is 27.2 Å². The van der Waals surface area contributed by atoms with Gasteiger partial charge >= 0.3 is 5.97 Å². The summed E-state index contributed by atoms with van der Waals surface area (Å²) in [6.07, 6.45) is -1.26. The highest BCUT2D eigenvalue weighted by atomic mass is 32.2. The van der Waals surface area contributed by atoms with Crippen LogP contribution in [0.15, 0.2) is 47.4 Å². The number of carbonyl (C=O) groups is 2. The van der Waals surface area contributed by atoms with Gasteiger partial charge in [0.25, 0.3) is 5.91 Å². The van der Waals surface area contributed by atoms with Crippen molar-refractivity contribution in [3.05, 3.63) is 53.8 Å². The van der Waals surface area contributed by atoms with Crippen LogP contribution >= 0.6 is 0 Å². The van der Waals surface area contributed by atoms with Crippen molar-refractivity contribution in [3.8, 4) is 0 Å². The molecule has 0 aromatic heterocycles. The molecule has 1 N–H and O–H groups in total. The number of nitrogens with zero attached hydrogens (tertiary/aromatic N) is 2. The number of hydrogen-bond donors (Lipinski definition) is 1.